The van der Waals surface area contributed by atoms with Crippen molar-refractivity contribution < 1.29 is 14.3 Å². The van der Waals surface area contributed by atoms with Gasteiger partial charge < -0.3 is 14.0 Å². The number of hydrogen-bond acceptors (Lipinski definition) is 5. The zero-order valence-corrected chi connectivity index (χ0v) is 13.6. The van der Waals surface area contributed by atoms with Crippen LogP contribution in [0.25, 0.3) is 0 Å². The zero-order valence-electron chi connectivity index (χ0n) is 13.6. The number of aromatic nitrogens is 2. The predicted molar refractivity (Wildman–Crippen MR) is 85.4 cm³/mol. The number of carbonyl (C=O) groups is 1. The molecule has 1 atom stereocenters. The number of ether oxygens (including phenoxy) is 2. The van der Waals surface area contributed by atoms with Gasteiger partial charge in [-0.1, -0.05) is 12.1 Å². The first-order chi connectivity index (χ1) is 11.1. The van der Waals surface area contributed by atoms with Crippen molar-refractivity contribution in [3.8, 4) is 5.75 Å². The molecule has 0 spiro atoms. The molecule has 3 rings (SSSR count). The molecule has 1 N–H and O–H groups in total. The van der Waals surface area contributed by atoms with E-state index in [2.05, 4.69) is 27.0 Å². The van der Waals surface area contributed by atoms with Crippen molar-refractivity contribution in [1.29, 1.82) is 0 Å². The molecule has 6 nitrogen and oxygen atoms in total. The van der Waals surface area contributed by atoms with Crippen molar-refractivity contribution in [3.63, 3.8) is 0 Å². The number of hydrogen-bond donors (Lipinski definition) is 1. The second-order valence-electron chi connectivity index (χ2n) is 5.73. The largest absolute Gasteiger partial charge is 0.496 e. The molecular weight excluding hydrogens is 294 g/mol. The Balaban J connectivity index is 1.82. The third-order valence-corrected chi connectivity index (χ3v) is 4.24. The Bertz CT molecular complexity index is 724. The van der Waals surface area contributed by atoms with Crippen molar-refractivity contribution in [2.24, 2.45) is 0 Å². The third kappa shape index (κ3) is 3.07. The quantitative estimate of drug-likeness (QED) is 0.865. The van der Waals surface area contributed by atoms with Gasteiger partial charge >= 0.3 is 5.97 Å². The van der Waals surface area contributed by atoms with Gasteiger partial charge in [-0.3, -0.25) is 10.1 Å². The molecule has 0 bridgehead atoms. The Labute approximate surface area is 135 Å². The van der Waals surface area contributed by atoms with Crippen molar-refractivity contribution in [1.82, 2.24) is 14.9 Å². The summed E-state index contributed by atoms with van der Waals surface area (Å²) in [6.07, 6.45) is 2.43. The number of rotatable bonds is 4. The van der Waals surface area contributed by atoms with Crippen LogP contribution in [0.4, 0.5) is 0 Å². The first-order valence-corrected chi connectivity index (χ1v) is 7.60. The smallest absolute Gasteiger partial charge is 0.323 e. The molecule has 0 aliphatic carbocycles. The highest BCUT2D eigenvalue weighted by Crippen LogP contribution is 2.21. The number of nitrogens with zero attached hydrogens (tertiary/aromatic N) is 2. The van der Waals surface area contributed by atoms with Gasteiger partial charge in [-0.2, -0.15) is 0 Å². The van der Waals surface area contributed by atoms with Crippen LogP contribution in [-0.4, -0.2) is 35.8 Å². The average Bonchev–Trinajstić information content (AvgIpc) is 2.96. The molecule has 0 unspecified atom stereocenters. The number of methoxy groups -OCH3 is 2. The molecule has 6 heteroatoms. The van der Waals surface area contributed by atoms with Gasteiger partial charge in [-0.15, -0.1) is 0 Å². The van der Waals surface area contributed by atoms with Gasteiger partial charge in [-0.05, 0) is 24.1 Å². The first-order valence-electron chi connectivity index (χ1n) is 7.60. The van der Waals surface area contributed by atoms with Gasteiger partial charge in [0.15, 0.2) is 0 Å². The zero-order chi connectivity index (χ0) is 16.4. The minimum Gasteiger partial charge on any atom is -0.496 e. The Kier molecular flexibility index (Phi) is 4.34. The molecule has 1 aliphatic heterocycles. The number of carbonyl (C=O) groups excluding carboxylic acids is 1. The molecule has 23 heavy (non-hydrogen) atoms. The fourth-order valence-electron chi connectivity index (χ4n) is 3.00. The Hall–Kier alpha value is -2.34. The fraction of sp³-hybridized carbons (Fsp3) is 0.412. The molecule has 1 aromatic heterocycles. The van der Waals surface area contributed by atoms with E-state index in [1.807, 2.05) is 19.3 Å². The second-order valence-corrected chi connectivity index (χ2v) is 5.73. The van der Waals surface area contributed by atoms with Crippen molar-refractivity contribution >= 4 is 5.97 Å². The van der Waals surface area contributed by atoms with E-state index in [0.29, 0.717) is 13.0 Å². The third-order valence-electron chi connectivity index (χ3n) is 4.24. The average molecular weight is 315 g/mol. The van der Waals surface area contributed by atoms with Crippen LogP contribution in [0.3, 0.4) is 0 Å². The minimum absolute atomic E-state index is 0.233. The molecule has 1 aliphatic rings. The van der Waals surface area contributed by atoms with E-state index in [1.54, 1.807) is 7.11 Å². The van der Waals surface area contributed by atoms with Gasteiger partial charge in [0, 0.05) is 25.2 Å². The summed E-state index contributed by atoms with van der Waals surface area (Å²) in [7, 11) is 3.09. The molecule has 0 radical (unpaired) electrons. The van der Waals surface area contributed by atoms with E-state index in [9.17, 15) is 4.79 Å². The lowest BCUT2D eigenvalue weighted by molar-refractivity contribution is -0.143. The van der Waals surface area contributed by atoms with Gasteiger partial charge in [0.25, 0.3) is 0 Å². The van der Waals surface area contributed by atoms with Gasteiger partial charge in [-0.25, -0.2) is 4.98 Å². The summed E-state index contributed by atoms with van der Waals surface area (Å²) < 4.78 is 12.2. The van der Waals surface area contributed by atoms with E-state index in [-0.39, 0.29) is 12.0 Å². The van der Waals surface area contributed by atoms with Crippen molar-refractivity contribution in [2.75, 3.05) is 14.2 Å². The lowest BCUT2D eigenvalue weighted by atomic mass is 10.0. The lowest BCUT2D eigenvalue weighted by Gasteiger charge is -2.22. The number of imidazole rings is 1. The van der Waals surface area contributed by atoms with Crippen LogP contribution in [-0.2, 0) is 29.0 Å². The van der Waals surface area contributed by atoms with Crippen LogP contribution in [0.1, 0.15) is 22.5 Å². The summed E-state index contributed by atoms with van der Waals surface area (Å²) >= 11 is 0. The van der Waals surface area contributed by atoms with Crippen LogP contribution < -0.4 is 10.1 Å². The molecule has 2 heterocycles. The maximum Gasteiger partial charge on any atom is 0.323 e. The standard InChI is InChI=1S/C17H21N3O3/c1-11-6-12(4-5-16(11)22-2)9-20-10-19-14-8-18-13(7-15(14)20)17(21)23-3/h4-6,10,13,18H,7-9H2,1-3H3/t13-/m0/s1. The number of nitrogens with one attached hydrogen (secondary N) is 1. The SMILES string of the molecule is COC(=O)[C@@H]1Cc2c(ncn2Cc2ccc(OC)c(C)c2)CN1. The molecule has 0 amide bonds. The first kappa shape index (κ1) is 15.6. The van der Waals surface area contributed by atoms with E-state index in [0.717, 1.165) is 29.2 Å². The minimum atomic E-state index is -0.305. The maximum atomic E-state index is 11.8. The van der Waals surface area contributed by atoms with Gasteiger partial charge in [0.05, 0.1) is 26.2 Å². The lowest BCUT2D eigenvalue weighted by Crippen LogP contribution is -2.43. The van der Waals surface area contributed by atoms with Crippen LogP contribution in [0.15, 0.2) is 24.5 Å². The maximum absolute atomic E-state index is 11.8. The normalized spacial score (nSPS) is 16.7. The molecule has 1 aromatic carbocycles. The van der Waals surface area contributed by atoms with Crippen molar-refractivity contribution in [2.45, 2.75) is 32.5 Å². The molecule has 122 valence electrons. The predicted octanol–water partition coefficient (Wildman–Crippen LogP) is 1.44. The second kappa shape index (κ2) is 6.42. The fourth-order valence-corrected chi connectivity index (χ4v) is 3.00. The highest BCUT2D eigenvalue weighted by molar-refractivity contribution is 5.76. The number of aryl methyl sites for hydroxylation is 1. The Morgan fingerprint density at radius 3 is 2.96 bits per heavy atom. The van der Waals surface area contributed by atoms with Gasteiger partial charge in [0.1, 0.15) is 11.8 Å². The highest BCUT2D eigenvalue weighted by Gasteiger charge is 2.27. The molecule has 0 fully saturated rings. The van der Waals surface area contributed by atoms with Gasteiger partial charge in [0.2, 0.25) is 0 Å². The highest BCUT2D eigenvalue weighted by atomic mass is 16.5. The monoisotopic (exact) mass is 315 g/mol. The van der Waals surface area contributed by atoms with E-state index in [4.69, 9.17) is 9.47 Å². The van der Waals surface area contributed by atoms with Crippen LogP contribution in [0.2, 0.25) is 0 Å². The number of fused-ring (bicyclic) bond motifs is 1. The molecule has 2 aromatic rings. The number of esters is 1. The van der Waals surface area contributed by atoms with Crippen LogP contribution >= 0.6 is 0 Å². The summed E-state index contributed by atoms with van der Waals surface area (Å²) in [5.41, 5.74) is 4.37. The van der Waals surface area contributed by atoms with Crippen LogP contribution in [0.5, 0.6) is 5.75 Å². The van der Waals surface area contributed by atoms with Crippen LogP contribution in [0, 0.1) is 6.92 Å². The summed E-state index contributed by atoms with van der Waals surface area (Å²) in [6.45, 7) is 3.34. The topological polar surface area (TPSA) is 65.4 Å². The summed E-state index contributed by atoms with van der Waals surface area (Å²) in [4.78, 5) is 16.2. The van der Waals surface area contributed by atoms with E-state index < -0.39 is 0 Å². The summed E-state index contributed by atoms with van der Waals surface area (Å²) in [6, 6.07) is 5.84. The molecular formula is C17H21N3O3. The molecule has 0 saturated heterocycles. The van der Waals surface area contributed by atoms with E-state index in [1.165, 1.54) is 12.7 Å². The Morgan fingerprint density at radius 1 is 1.43 bits per heavy atom. The summed E-state index contributed by atoms with van der Waals surface area (Å²) in [5, 5.41) is 3.16. The Morgan fingerprint density at radius 2 is 2.26 bits per heavy atom. The number of benzene rings is 1. The van der Waals surface area contributed by atoms with E-state index >= 15 is 0 Å². The van der Waals surface area contributed by atoms with Crippen molar-refractivity contribution in [3.05, 3.63) is 47.0 Å². The summed E-state index contributed by atoms with van der Waals surface area (Å²) in [5.74, 6) is 0.653. The molecule has 0 saturated carbocycles.